The highest BCUT2D eigenvalue weighted by atomic mass is 19.1. The molecule has 1 heterocycles. The molecule has 1 aromatic carbocycles. The monoisotopic (exact) mass is 232 g/mol. The highest BCUT2D eigenvalue weighted by molar-refractivity contribution is 5.18. The van der Waals surface area contributed by atoms with Crippen LogP contribution < -0.4 is 5.32 Å². The van der Waals surface area contributed by atoms with Crippen molar-refractivity contribution in [3.05, 3.63) is 35.6 Å². The Hall–Kier alpha value is -1.40. The minimum Gasteiger partial charge on any atom is -0.317 e. The van der Waals surface area contributed by atoms with Gasteiger partial charge >= 0.3 is 0 Å². The molecule has 0 saturated carbocycles. The largest absolute Gasteiger partial charge is 0.317 e. The van der Waals surface area contributed by atoms with E-state index in [1.165, 1.54) is 12.1 Å². The van der Waals surface area contributed by atoms with E-state index >= 15 is 0 Å². The van der Waals surface area contributed by atoms with Gasteiger partial charge in [-0.05, 0) is 55.5 Å². The summed E-state index contributed by atoms with van der Waals surface area (Å²) >= 11 is 0. The molecule has 0 atom stereocenters. The summed E-state index contributed by atoms with van der Waals surface area (Å²) < 4.78 is 12.8. The van der Waals surface area contributed by atoms with Crippen molar-refractivity contribution in [2.24, 2.45) is 5.41 Å². The molecule has 0 aromatic heterocycles. The topological polar surface area (TPSA) is 35.8 Å². The van der Waals surface area contributed by atoms with Crippen molar-refractivity contribution in [2.75, 3.05) is 13.1 Å². The van der Waals surface area contributed by atoms with Gasteiger partial charge in [0.1, 0.15) is 5.82 Å². The fraction of sp³-hybridized carbons (Fsp3) is 0.500. The van der Waals surface area contributed by atoms with Gasteiger partial charge in [-0.25, -0.2) is 4.39 Å². The molecule has 0 bridgehead atoms. The van der Waals surface area contributed by atoms with E-state index in [9.17, 15) is 4.39 Å². The second-order valence-electron chi connectivity index (χ2n) is 4.89. The third-order valence-electron chi connectivity index (χ3n) is 3.61. The Morgan fingerprint density at radius 2 is 1.88 bits per heavy atom. The van der Waals surface area contributed by atoms with Crippen LogP contribution in [-0.2, 0) is 6.42 Å². The molecule has 0 amide bonds. The molecule has 0 aliphatic carbocycles. The Balaban J connectivity index is 2.12. The SMILES string of the molecule is N#CCC1(Cc2ccc(F)cc2)CCNCC1. The van der Waals surface area contributed by atoms with Crippen LogP contribution in [0.1, 0.15) is 24.8 Å². The lowest BCUT2D eigenvalue weighted by Crippen LogP contribution is -2.38. The van der Waals surface area contributed by atoms with E-state index in [4.69, 9.17) is 5.26 Å². The van der Waals surface area contributed by atoms with Gasteiger partial charge < -0.3 is 5.32 Å². The number of hydrogen-bond donors (Lipinski definition) is 1. The molecule has 1 saturated heterocycles. The average molecular weight is 232 g/mol. The maximum atomic E-state index is 12.8. The second kappa shape index (κ2) is 5.29. The van der Waals surface area contributed by atoms with E-state index in [1.807, 2.05) is 12.1 Å². The first-order valence-electron chi connectivity index (χ1n) is 6.06. The third-order valence-corrected chi connectivity index (χ3v) is 3.61. The Bertz CT molecular complexity index is 399. The molecule has 1 N–H and O–H groups in total. The highest BCUT2D eigenvalue weighted by Crippen LogP contribution is 2.36. The third kappa shape index (κ3) is 3.04. The molecule has 0 radical (unpaired) electrons. The number of hydrogen-bond acceptors (Lipinski definition) is 2. The van der Waals surface area contributed by atoms with E-state index in [0.717, 1.165) is 37.9 Å². The van der Waals surface area contributed by atoms with Crippen LogP contribution in [0.4, 0.5) is 4.39 Å². The van der Waals surface area contributed by atoms with Gasteiger partial charge in [-0.3, -0.25) is 0 Å². The van der Waals surface area contributed by atoms with Crippen molar-refractivity contribution in [3.63, 3.8) is 0 Å². The van der Waals surface area contributed by atoms with Gasteiger partial charge in [0.25, 0.3) is 0 Å². The second-order valence-corrected chi connectivity index (χ2v) is 4.89. The van der Waals surface area contributed by atoms with Gasteiger partial charge in [0.15, 0.2) is 0 Å². The number of nitrogens with zero attached hydrogens (tertiary/aromatic N) is 1. The molecular formula is C14H17FN2. The first-order valence-corrected chi connectivity index (χ1v) is 6.06. The normalized spacial score (nSPS) is 18.6. The summed E-state index contributed by atoms with van der Waals surface area (Å²) in [6.07, 6.45) is 3.52. The van der Waals surface area contributed by atoms with E-state index in [0.29, 0.717) is 6.42 Å². The van der Waals surface area contributed by atoms with Crippen molar-refractivity contribution < 1.29 is 4.39 Å². The van der Waals surface area contributed by atoms with Gasteiger partial charge in [0, 0.05) is 6.42 Å². The number of piperidine rings is 1. The average Bonchev–Trinajstić information content (AvgIpc) is 2.34. The van der Waals surface area contributed by atoms with Crippen molar-refractivity contribution >= 4 is 0 Å². The van der Waals surface area contributed by atoms with Crippen LogP contribution in [0.3, 0.4) is 0 Å². The van der Waals surface area contributed by atoms with Crippen LogP contribution in [0.2, 0.25) is 0 Å². The summed E-state index contributed by atoms with van der Waals surface area (Å²) in [5.41, 5.74) is 1.21. The Morgan fingerprint density at radius 1 is 1.24 bits per heavy atom. The van der Waals surface area contributed by atoms with Crippen molar-refractivity contribution in [1.82, 2.24) is 5.32 Å². The van der Waals surface area contributed by atoms with Crippen molar-refractivity contribution in [1.29, 1.82) is 5.26 Å². The maximum absolute atomic E-state index is 12.8. The van der Waals surface area contributed by atoms with Crippen LogP contribution in [0.5, 0.6) is 0 Å². The lowest BCUT2D eigenvalue weighted by atomic mass is 9.72. The fourth-order valence-electron chi connectivity index (χ4n) is 2.58. The van der Waals surface area contributed by atoms with Gasteiger partial charge in [-0.15, -0.1) is 0 Å². The van der Waals surface area contributed by atoms with Gasteiger partial charge in [-0.1, -0.05) is 12.1 Å². The van der Waals surface area contributed by atoms with E-state index in [2.05, 4.69) is 11.4 Å². The Kier molecular flexibility index (Phi) is 3.75. The molecule has 2 rings (SSSR count). The Morgan fingerprint density at radius 3 is 2.47 bits per heavy atom. The minimum absolute atomic E-state index is 0.0812. The van der Waals surface area contributed by atoms with Crippen LogP contribution >= 0.6 is 0 Å². The fourth-order valence-corrected chi connectivity index (χ4v) is 2.58. The highest BCUT2D eigenvalue weighted by Gasteiger charge is 2.31. The molecule has 0 spiro atoms. The molecule has 0 unspecified atom stereocenters. The van der Waals surface area contributed by atoms with E-state index < -0.39 is 0 Å². The smallest absolute Gasteiger partial charge is 0.123 e. The molecule has 2 nitrogen and oxygen atoms in total. The van der Waals surface area contributed by atoms with Crippen LogP contribution in [-0.4, -0.2) is 13.1 Å². The zero-order chi connectivity index (χ0) is 12.1. The molecule has 1 aliphatic heterocycles. The summed E-state index contributed by atoms with van der Waals surface area (Å²) in [6.45, 7) is 1.95. The number of benzene rings is 1. The van der Waals surface area contributed by atoms with Crippen molar-refractivity contribution in [2.45, 2.75) is 25.7 Å². The number of nitriles is 1. The van der Waals surface area contributed by atoms with Crippen molar-refractivity contribution in [3.8, 4) is 6.07 Å². The summed E-state index contributed by atoms with van der Waals surface area (Å²) in [7, 11) is 0. The molecule has 1 aliphatic rings. The summed E-state index contributed by atoms with van der Waals surface area (Å²) in [6, 6.07) is 8.96. The zero-order valence-corrected chi connectivity index (χ0v) is 9.88. The lowest BCUT2D eigenvalue weighted by molar-refractivity contribution is 0.205. The molecule has 1 aromatic rings. The predicted octanol–water partition coefficient (Wildman–Crippen LogP) is 2.65. The van der Waals surface area contributed by atoms with E-state index in [1.54, 1.807) is 0 Å². The van der Waals surface area contributed by atoms with Gasteiger partial charge in [-0.2, -0.15) is 5.26 Å². The van der Waals surface area contributed by atoms with Crippen LogP contribution in [0.25, 0.3) is 0 Å². The van der Waals surface area contributed by atoms with E-state index in [-0.39, 0.29) is 11.2 Å². The van der Waals surface area contributed by atoms with Gasteiger partial charge in [0.05, 0.1) is 6.07 Å². The number of rotatable bonds is 3. The summed E-state index contributed by atoms with van der Waals surface area (Å²) in [5.74, 6) is -0.201. The quantitative estimate of drug-likeness (QED) is 0.869. The number of halogens is 1. The van der Waals surface area contributed by atoms with Crippen LogP contribution in [0.15, 0.2) is 24.3 Å². The molecule has 90 valence electrons. The molecule has 17 heavy (non-hydrogen) atoms. The zero-order valence-electron chi connectivity index (χ0n) is 9.88. The minimum atomic E-state index is -0.201. The number of nitrogens with one attached hydrogen (secondary N) is 1. The summed E-state index contributed by atoms with van der Waals surface area (Å²) in [5, 5.41) is 12.3. The first kappa shape index (κ1) is 12.1. The lowest BCUT2D eigenvalue weighted by Gasteiger charge is -2.36. The maximum Gasteiger partial charge on any atom is 0.123 e. The first-order chi connectivity index (χ1) is 8.24. The predicted molar refractivity (Wildman–Crippen MR) is 64.9 cm³/mol. The molecule has 1 fully saturated rings. The van der Waals surface area contributed by atoms with Crippen LogP contribution in [0, 0.1) is 22.6 Å². The molecule has 3 heteroatoms. The summed E-state index contributed by atoms with van der Waals surface area (Å²) in [4.78, 5) is 0. The molecular weight excluding hydrogens is 215 g/mol. The van der Waals surface area contributed by atoms with Gasteiger partial charge in [0.2, 0.25) is 0 Å². The Labute approximate surface area is 101 Å². The standard InChI is InChI=1S/C14H17FN2/c15-13-3-1-12(2-4-13)11-14(5-8-16)6-9-17-10-7-14/h1-4,17H,5-7,9-11H2.